The van der Waals surface area contributed by atoms with Gasteiger partial charge in [0.05, 0.1) is 7.11 Å². The summed E-state index contributed by atoms with van der Waals surface area (Å²) < 4.78 is 21.5. The highest BCUT2D eigenvalue weighted by Crippen LogP contribution is 2.31. The molecule has 0 N–H and O–H groups in total. The standard InChI is InChI=1S/C22H24N2O6/c1-27-17-8-6-16(7-9-17)23-10-12-24(13-11-23)21(25)15-29-22(26)20-14-28-18-4-2-3-5-19(18)30-20/h2-9,20H,10-15H2,1H3/t20-/m0/s1. The van der Waals surface area contributed by atoms with E-state index in [1.54, 1.807) is 30.2 Å². The van der Waals surface area contributed by atoms with Gasteiger partial charge in [0.25, 0.3) is 5.91 Å². The van der Waals surface area contributed by atoms with Crippen LogP contribution in [0.3, 0.4) is 0 Å². The van der Waals surface area contributed by atoms with Crippen LogP contribution in [0, 0.1) is 0 Å². The highest BCUT2D eigenvalue weighted by atomic mass is 16.6. The van der Waals surface area contributed by atoms with Crippen LogP contribution < -0.4 is 19.1 Å². The van der Waals surface area contributed by atoms with Crippen molar-refractivity contribution in [1.29, 1.82) is 0 Å². The first-order valence-corrected chi connectivity index (χ1v) is 9.86. The molecule has 0 bridgehead atoms. The summed E-state index contributed by atoms with van der Waals surface area (Å²) in [6.45, 7) is 2.32. The van der Waals surface area contributed by atoms with Crippen LogP contribution in [0.4, 0.5) is 5.69 Å². The van der Waals surface area contributed by atoms with E-state index >= 15 is 0 Å². The fourth-order valence-electron chi connectivity index (χ4n) is 3.46. The van der Waals surface area contributed by atoms with Gasteiger partial charge in [-0.3, -0.25) is 4.79 Å². The molecule has 1 saturated heterocycles. The Balaban J connectivity index is 1.23. The van der Waals surface area contributed by atoms with Crippen molar-refractivity contribution in [2.45, 2.75) is 6.10 Å². The summed E-state index contributed by atoms with van der Waals surface area (Å²) in [6.07, 6.45) is -0.875. The van der Waals surface area contributed by atoms with Crippen molar-refractivity contribution in [3.63, 3.8) is 0 Å². The Bertz CT molecular complexity index is 893. The number of amides is 1. The molecule has 2 aliphatic rings. The number of anilines is 1. The molecule has 158 valence electrons. The number of fused-ring (bicyclic) bond motifs is 1. The molecule has 1 atom stereocenters. The fraction of sp³-hybridized carbons (Fsp3) is 0.364. The predicted octanol–water partition coefficient (Wildman–Crippen LogP) is 1.73. The van der Waals surface area contributed by atoms with Gasteiger partial charge < -0.3 is 28.7 Å². The van der Waals surface area contributed by atoms with Gasteiger partial charge in [0.2, 0.25) is 6.10 Å². The van der Waals surface area contributed by atoms with E-state index in [1.165, 1.54) is 0 Å². The van der Waals surface area contributed by atoms with Crippen LogP contribution in [0.15, 0.2) is 48.5 Å². The lowest BCUT2D eigenvalue weighted by molar-refractivity contribution is -0.160. The van der Waals surface area contributed by atoms with Gasteiger partial charge >= 0.3 is 5.97 Å². The van der Waals surface area contributed by atoms with Gasteiger partial charge in [-0.1, -0.05) is 12.1 Å². The molecule has 30 heavy (non-hydrogen) atoms. The number of carbonyl (C=O) groups excluding carboxylic acids is 2. The first kappa shape index (κ1) is 19.9. The maximum Gasteiger partial charge on any atom is 0.351 e. The van der Waals surface area contributed by atoms with E-state index in [-0.39, 0.29) is 19.1 Å². The van der Waals surface area contributed by atoms with Crippen LogP contribution in [0.25, 0.3) is 0 Å². The van der Waals surface area contributed by atoms with Gasteiger partial charge in [0.15, 0.2) is 18.1 Å². The van der Waals surface area contributed by atoms with Crippen LogP contribution in [-0.2, 0) is 14.3 Å². The summed E-state index contributed by atoms with van der Waals surface area (Å²) in [5, 5.41) is 0. The molecule has 0 unspecified atom stereocenters. The van der Waals surface area contributed by atoms with E-state index in [0.29, 0.717) is 37.7 Å². The van der Waals surface area contributed by atoms with Crippen molar-refractivity contribution < 1.29 is 28.5 Å². The summed E-state index contributed by atoms with van der Waals surface area (Å²) in [5.74, 6) is 1.08. The first-order valence-electron chi connectivity index (χ1n) is 9.86. The number of piperazine rings is 1. The minimum Gasteiger partial charge on any atom is -0.497 e. The van der Waals surface area contributed by atoms with E-state index in [0.717, 1.165) is 11.4 Å². The van der Waals surface area contributed by atoms with Crippen molar-refractivity contribution in [1.82, 2.24) is 4.90 Å². The third-order valence-electron chi connectivity index (χ3n) is 5.18. The van der Waals surface area contributed by atoms with Crippen molar-refractivity contribution >= 4 is 17.6 Å². The van der Waals surface area contributed by atoms with Crippen LogP contribution in [0.2, 0.25) is 0 Å². The molecular weight excluding hydrogens is 388 g/mol. The molecule has 2 aliphatic heterocycles. The van der Waals surface area contributed by atoms with Crippen LogP contribution >= 0.6 is 0 Å². The third-order valence-corrected chi connectivity index (χ3v) is 5.18. The molecule has 0 saturated carbocycles. The molecule has 0 aliphatic carbocycles. The van der Waals surface area contributed by atoms with Crippen LogP contribution in [0.5, 0.6) is 17.2 Å². The van der Waals surface area contributed by atoms with E-state index in [9.17, 15) is 9.59 Å². The van der Waals surface area contributed by atoms with E-state index < -0.39 is 12.1 Å². The molecule has 8 nitrogen and oxygen atoms in total. The zero-order valence-electron chi connectivity index (χ0n) is 16.8. The number of rotatable bonds is 5. The Kier molecular flexibility index (Phi) is 5.92. The Morgan fingerprint density at radius 1 is 1.00 bits per heavy atom. The van der Waals surface area contributed by atoms with Crippen LogP contribution in [-0.4, -0.2) is 69.4 Å². The topological polar surface area (TPSA) is 77.5 Å². The predicted molar refractivity (Wildman–Crippen MR) is 109 cm³/mol. The van der Waals surface area contributed by atoms with Crippen molar-refractivity contribution in [3.8, 4) is 17.2 Å². The second-order valence-electron chi connectivity index (χ2n) is 7.04. The number of nitrogens with zero attached hydrogens (tertiary/aromatic N) is 2. The number of carbonyl (C=O) groups is 2. The zero-order valence-corrected chi connectivity index (χ0v) is 16.8. The molecule has 2 aromatic carbocycles. The maximum atomic E-state index is 12.5. The van der Waals surface area contributed by atoms with E-state index in [1.807, 2.05) is 30.3 Å². The second-order valence-corrected chi connectivity index (χ2v) is 7.04. The summed E-state index contributed by atoms with van der Waals surface area (Å²) in [7, 11) is 1.64. The lowest BCUT2D eigenvalue weighted by atomic mass is 10.2. The molecular formula is C22H24N2O6. The van der Waals surface area contributed by atoms with Gasteiger partial charge in [-0.15, -0.1) is 0 Å². The number of benzene rings is 2. The number of para-hydroxylation sites is 2. The number of hydrogen-bond donors (Lipinski definition) is 0. The quantitative estimate of drug-likeness (QED) is 0.692. The first-order chi connectivity index (χ1) is 14.6. The number of ether oxygens (including phenoxy) is 4. The lowest BCUT2D eigenvalue weighted by Gasteiger charge is -2.36. The SMILES string of the molecule is COc1ccc(N2CCN(C(=O)COC(=O)[C@@H]3COc4ccccc4O3)CC2)cc1. The number of hydrogen-bond acceptors (Lipinski definition) is 7. The van der Waals surface area contributed by atoms with Gasteiger partial charge in [-0.25, -0.2) is 4.79 Å². The van der Waals surface area contributed by atoms with Gasteiger partial charge in [0.1, 0.15) is 12.4 Å². The minimum absolute atomic E-state index is 0.0601. The average Bonchev–Trinajstić information content (AvgIpc) is 2.82. The summed E-state index contributed by atoms with van der Waals surface area (Å²) >= 11 is 0. The highest BCUT2D eigenvalue weighted by Gasteiger charge is 2.30. The number of methoxy groups -OCH3 is 1. The fourth-order valence-corrected chi connectivity index (χ4v) is 3.46. The molecule has 2 aromatic rings. The van der Waals surface area contributed by atoms with Gasteiger partial charge in [-0.2, -0.15) is 0 Å². The van der Waals surface area contributed by atoms with Crippen molar-refractivity contribution in [2.24, 2.45) is 0 Å². The molecule has 8 heteroatoms. The lowest BCUT2D eigenvalue weighted by Crippen LogP contribution is -2.50. The summed E-state index contributed by atoms with van der Waals surface area (Å²) in [6, 6.07) is 15.0. The number of esters is 1. The van der Waals surface area contributed by atoms with Crippen molar-refractivity contribution in [3.05, 3.63) is 48.5 Å². The molecule has 1 amide bonds. The molecule has 0 aromatic heterocycles. The Hall–Kier alpha value is -3.42. The molecule has 0 spiro atoms. The highest BCUT2D eigenvalue weighted by molar-refractivity contribution is 5.82. The monoisotopic (exact) mass is 412 g/mol. The molecule has 0 radical (unpaired) electrons. The minimum atomic E-state index is -0.875. The van der Waals surface area contributed by atoms with Crippen molar-refractivity contribution in [2.75, 3.05) is 51.4 Å². The Labute approximate surface area is 174 Å². The molecule has 1 fully saturated rings. The average molecular weight is 412 g/mol. The second kappa shape index (κ2) is 8.94. The third kappa shape index (κ3) is 4.42. The Morgan fingerprint density at radius 2 is 1.70 bits per heavy atom. The maximum absolute atomic E-state index is 12.5. The zero-order chi connectivity index (χ0) is 20.9. The largest absolute Gasteiger partial charge is 0.497 e. The normalized spacial score (nSPS) is 18.0. The van der Waals surface area contributed by atoms with Gasteiger partial charge in [0, 0.05) is 31.9 Å². The van der Waals surface area contributed by atoms with Crippen LogP contribution in [0.1, 0.15) is 0 Å². The summed E-state index contributed by atoms with van der Waals surface area (Å²) in [5.41, 5.74) is 1.09. The molecule has 4 rings (SSSR count). The van der Waals surface area contributed by atoms with E-state index in [4.69, 9.17) is 18.9 Å². The summed E-state index contributed by atoms with van der Waals surface area (Å²) in [4.78, 5) is 28.6. The molecule has 2 heterocycles. The smallest absolute Gasteiger partial charge is 0.351 e. The Morgan fingerprint density at radius 3 is 2.40 bits per heavy atom. The van der Waals surface area contributed by atoms with Gasteiger partial charge in [-0.05, 0) is 36.4 Å². The van der Waals surface area contributed by atoms with E-state index in [2.05, 4.69) is 4.90 Å².